The molecule has 2 aromatic carbocycles. The number of aryl methyl sites for hydroxylation is 1. The lowest BCUT2D eigenvalue weighted by Gasteiger charge is -2.26. The molecule has 0 atom stereocenters. The van der Waals surface area contributed by atoms with Gasteiger partial charge in [0.2, 0.25) is 0 Å². The highest BCUT2D eigenvalue weighted by molar-refractivity contribution is 5.95. The fraction of sp³-hybridized carbons (Fsp3) is 0.400. The van der Waals surface area contributed by atoms with Crippen LogP contribution >= 0.6 is 0 Å². The van der Waals surface area contributed by atoms with Gasteiger partial charge >= 0.3 is 5.97 Å². The van der Waals surface area contributed by atoms with Gasteiger partial charge in [0.25, 0.3) is 11.8 Å². The minimum Gasteiger partial charge on any atom is -0.490 e. The van der Waals surface area contributed by atoms with Gasteiger partial charge in [-0.2, -0.15) is 0 Å². The van der Waals surface area contributed by atoms with Crippen LogP contribution in [0.3, 0.4) is 0 Å². The fourth-order valence-corrected chi connectivity index (χ4v) is 3.75. The van der Waals surface area contributed by atoms with Crippen molar-refractivity contribution < 1.29 is 24.2 Å². The summed E-state index contributed by atoms with van der Waals surface area (Å²) >= 11 is 0. The zero-order valence-electron chi connectivity index (χ0n) is 18.3. The summed E-state index contributed by atoms with van der Waals surface area (Å²) in [5.74, 6) is -0.723. The van der Waals surface area contributed by atoms with Crippen molar-refractivity contribution in [2.75, 3.05) is 13.1 Å². The lowest BCUT2D eigenvalue weighted by Crippen LogP contribution is -2.34. The van der Waals surface area contributed by atoms with E-state index in [0.717, 1.165) is 6.42 Å². The molecule has 0 bridgehead atoms. The SMILES string of the molecule is CCc1ccc(C(=O)NCCNC(=O)c2ccc(O[C@H]3CC[C@@H](C(=O)O)CC3)cc2)cc1. The number of carbonyl (C=O) groups excluding carboxylic acids is 2. The maximum absolute atomic E-state index is 12.3. The van der Waals surface area contributed by atoms with Crippen molar-refractivity contribution in [1.29, 1.82) is 0 Å². The lowest BCUT2D eigenvalue weighted by molar-refractivity contribution is -0.143. The van der Waals surface area contributed by atoms with E-state index in [4.69, 9.17) is 9.84 Å². The Morgan fingerprint density at radius 3 is 1.81 bits per heavy atom. The summed E-state index contributed by atoms with van der Waals surface area (Å²) in [7, 11) is 0. The van der Waals surface area contributed by atoms with Gasteiger partial charge in [0.05, 0.1) is 12.0 Å². The van der Waals surface area contributed by atoms with Crippen LogP contribution in [0.4, 0.5) is 0 Å². The second-order valence-corrected chi connectivity index (χ2v) is 8.02. The van der Waals surface area contributed by atoms with E-state index in [9.17, 15) is 14.4 Å². The molecule has 0 aromatic heterocycles. The number of nitrogens with one attached hydrogen (secondary N) is 2. The van der Waals surface area contributed by atoms with E-state index in [0.29, 0.717) is 55.6 Å². The van der Waals surface area contributed by atoms with Gasteiger partial charge in [-0.1, -0.05) is 19.1 Å². The third-order valence-electron chi connectivity index (χ3n) is 5.76. The largest absolute Gasteiger partial charge is 0.490 e. The summed E-state index contributed by atoms with van der Waals surface area (Å²) in [6.45, 7) is 2.72. The first-order chi connectivity index (χ1) is 15.5. The van der Waals surface area contributed by atoms with Crippen molar-refractivity contribution in [3.8, 4) is 5.75 Å². The summed E-state index contributed by atoms with van der Waals surface area (Å²) in [5.41, 5.74) is 2.28. The maximum Gasteiger partial charge on any atom is 0.306 e. The average Bonchev–Trinajstić information content (AvgIpc) is 2.82. The topological polar surface area (TPSA) is 105 Å². The van der Waals surface area contributed by atoms with Gasteiger partial charge in [-0.15, -0.1) is 0 Å². The van der Waals surface area contributed by atoms with Crippen LogP contribution in [0, 0.1) is 5.92 Å². The number of ether oxygens (including phenoxy) is 1. The Labute approximate surface area is 188 Å². The molecule has 3 rings (SSSR count). The van der Waals surface area contributed by atoms with Gasteiger partial charge < -0.3 is 20.5 Å². The molecule has 170 valence electrons. The van der Waals surface area contributed by atoms with Crippen molar-refractivity contribution >= 4 is 17.8 Å². The van der Waals surface area contributed by atoms with Gasteiger partial charge in [-0.05, 0) is 74.1 Å². The number of rotatable bonds is 9. The van der Waals surface area contributed by atoms with Crippen molar-refractivity contribution in [1.82, 2.24) is 10.6 Å². The third-order valence-corrected chi connectivity index (χ3v) is 5.76. The number of benzene rings is 2. The molecule has 0 aliphatic heterocycles. The van der Waals surface area contributed by atoms with E-state index in [2.05, 4.69) is 17.6 Å². The highest BCUT2D eigenvalue weighted by atomic mass is 16.5. The van der Waals surface area contributed by atoms with Crippen LogP contribution in [-0.2, 0) is 11.2 Å². The number of hydrogen-bond acceptors (Lipinski definition) is 4. The number of carboxylic acid groups (broad SMARTS) is 1. The molecule has 1 fully saturated rings. The summed E-state index contributed by atoms with van der Waals surface area (Å²) in [5, 5.41) is 14.7. The number of hydrogen-bond donors (Lipinski definition) is 3. The van der Waals surface area contributed by atoms with E-state index in [1.165, 1.54) is 5.56 Å². The summed E-state index contributed by atoms with van der Waals surface area (Å²) in [4.78, 5) is 35.5. The lowest BCUT2D eigenvalue weighted by atomic mass is 9.87. The Bertz CT molecular complexity index is 916. The molecular weight excluding hydrogens is 408 g/mol. The van der Waals surface area contributed by atoms with Crippen molar-refractivity contribution in [2.45, 2.75) is 45.1 Å². The molecule has 7 heteroatoms. The van der Waals surface area contributed by atoms with E-state index in [-0.39, 0.29) is 23.8 Å². The summed E-state index contributed by atoms with van der Waals surface area (Å²) in [6, 6.07) is 14.4. The molecular formula is C25H30N2O5. The summed E-state index contributed by atoms with van der Waals surface area (Å²) in [6.07, 6.45) is 3.62. The first kappa shape index (κ1) is 23.3. The number of carbonyl (C=O) groups is 3. The Kier molecular flexibility index (Phi) is 8.25. The standard InChI is InChI=1S/C25H30N2O5/c1-2-17-3-5-18(6-4-17)23(28)26-15-16-27-24(29)19-7-11-21(12-8-19)32-22-13-9-20(10-14-22)25(30)31/h3-8,11-12,20,22H,2,9-10,13-16H2,1H3,(H,26,28)(H,27,29)(H,30,31)/t20-,22+. The Hall–Kier alpha value is -3.35. The molecule has 3 N–H and O–H groups in total. The predicted molar refractivity (Wildman–Crippen MR) is 121 cm³/mol. The van der Waals surface area contributed by atoms with Crippen LogP contribution in [0.5, 0.6) is 5.75 Å². The minimum absolute atomic E-state index is 0.00654. The number of carboxylic acids is 1. The smallest absolute Gasteiger partial charge is 0.306 e. The van der Waals surface area contributed by atoms with Gasteiger partial charge in [0.15, 0.2) is 0 Å². The van der Waals surface area contributed by atoms with Crippen LogP contribution in [-0.4, -0.2) is 42.1 Å². The van der Waals surface area contributed by atoms with Crippen LogP contribution in [0.2, 0.25) is 0 Å². The molecule has 1 aliphatic carbocycles. The van der Waals surface area contributed by atoms with Crippen LogP contribution in [0.1, 0.15) is 58.9 Å². The minimum atomic E-state index is -0.732. The predicted octanol–water partition coefficient (Wildman–Crippen LogP) is 3.43. The van der Waals surface area contributed by atoms with Crippen molar-refractivity contribution in [3.63, 3.8) is 0 Å². The van der Waals surface area contributed by atoms with Crippen molar-refractivity contribution in [2.24, 2.45) is 5.92 Å². The normalized spacial score (nSPS) is 17.9. The molecule has 0 spiro atoms. The second kappa shape index (κ2) is 11.3. The van der Waals surface area contributed by atoms with Gasteiger partial charge in [0, 0.05) is 24.2 Å². The van der Waals surface area contributed by atoms with Crippen molar-refractivity contribution in [3.05, 3.63) is 65.2 Å². The Balaban J connectivity index is 1.38. The second-order valence-electron chi connectivity index (χ2n) is 8.02. The zero-order valence-corrected chi connectivity index (χ0v) is 18.3. The molecule has 0 unspecified atom stereocenters. The fourth-order valence-electron chi connectivity index (χ4n) is 3.75. The van der Waals surface area contributed by atoms with Gasteiger partial charge in [0.1, 0.15) is 5.75 Å². The van der Waals surface area contributed by atoms with E-state index in [1.807, 2.05) is 12.1 Å². The van der Waals surface area contributed by atoms with E-state index < -0.39 is 5.97 Å². The molecule has 2 amide bonds. The van der Waals surface area contributed by atoms with Gasteiger partial charge in [-0.3, -0.25) is 14.4 Å². The van der Waals surface area contributed by atoms with Gasteiger partial charge in [-0.25, -0.2) is 0 Å². The van der Waals surface area contributed by atoms with E-state index >= 15 is 0 Å². The Morgan fingerprint density at radius 2 is 1.34 bits per heavy atom. The zero-order chi connectivity index (χ0) is 22.9. The number of aliphatic carboxylic acids is 1. The average molecular weight is 439 g/mol. The molecule has 0 radical (unpaired) electrons. The molecule has 0 saturated heterocycles. The van der Waals surface area contributed by atoms with Crippen LogP contribution in [0.25, 0.3) is 0 Å². The molecule has 1 saturated carbocycles. The van der Waals surface area contributed by atoms with Crippen LogP contribution in [0.15, 0.2) is 48.5 Å². The molecule has 0 heterocycles. The van der Waals surface area contributed by atoms with Crippen LogP contribution < -0.4 is 15.4 Å². The monoisotopic (exact) mass is 438 g/mol. The summed E-state index contributed by atoms with van der Waals surface area (Å²) < 4.78 is 5.93. The Morgan fingerprint density at radius 1 is 0.844 bits per heavy atom. The van der Waals surface area contributed by atoms with E-state index in [1.54, 1.807) is 36.4 Å². The highest BCUT2D eigenvalue weighted by Crippen LogP contribution is 2.28. The molecule has 2 aromatic rings. The third kappa shape index (κ3) is 6.57. The molecule has 32 heavy (non-hydrogen) atoms. The number of amides is 2. The first-order valence-electron chi connectivity index (χ1n) is 11.1. The highest BCUT2D eigenvalue weighted by Gasteiger charge is 2.26. The molecule has 7 nitrogen and oxygen atoms in total. The molecule has 1 aliphatic rings. The first-order valence-corrected chi connectivity index (χ1v) is 11.1. The quantitative estimate of drug-likeness (QED) is 0.520. The maximum atomic E-state index is 12.3.